The Hall–Kier alpha value is 1.74. The molecular formula is C23H37Na2O6P. The predicted molar refractivity (Wildman–Crippen MR) is 109 cm³/mol. The van der Waals surface area contributed by atoms with E-state index < -0.39 is 19.5 Å². The first-order chi connectivity index (χ1) is 13.9. The summed E-state index contributed by atoms with van der Waals surface area (Å²) in [5.74, 6) is 2.28. The summed E-state index contributed by atoms with van der Waals surface area (Å²) in [7, 11) is -4.74. The monoisotopic (exact) mass is 486 g/mol. The van der Waals surface area contributed by atoms with Gasteiger partial charge >= 0.3 is 59.1 Å². The summed E-state index contributed by atoms with van der Waals surface area (Å²) in [6.45, 7) is 6.44. The molecule has 0 aromatic rings. The number of aliphatic hydroxyl groups is 1. The molecule has 0 radical (unpaired) electrons. The maximum atomic E-state index is 12.9. The summed E-state index contributed by atoms with van der Waals surface area (Å²) in [5.41, 5.74) is -0.284. The first kappa shape index (κ1) is 30.0. The molecule has 0 saturated heterocycles. The number of hydrogen-bond donors (Lipinski definition) is 1. The summed E-state index contributed by atoms with van der Waals surface area (Å²) in [6.07, 6.45) is 8.39. The van der Waals surface area contributed by atoms with E-state index in [0.717, 1.165) is 44.9 Å². The minimum atomic E-state index is -4.74. The summed E-state index contributed by atoms with van der Waals surface area (Å²) in [6, 6.07) is 0. The van der Waals surface area contributed by atoms with Crippen LogP contribution < -0.4 is 68.9 Å². The zero-order valence-corrected chi connectivity index (χ0v) is 25.5. The van der Waals surface area contributed by atoms with Crippen molar-refractivity contribution in [2.24, 2.45) is 40.4 Å². The topological polar surface area (TPSA) is 110 Å². The molecule has 0 bridgehead atoms. The SMILES string of the molecule is C[C@@]1(O)CC[C@@]2(C)C(CCC3C2CC[C@@]2(C)C3CC[C@@H]2C(=O)COCP(=O)([O-])[O-])C1.[Na+].[Na+]. The van der Waals surface area contributed by atoms with Crippen LogP contribution in [0.2, 0.25) is 0 Å². The number of ketones is 1. The van der Waals surface area contributed by atoms with E-state index in [-0.39, 0.29) is 82.8 Å². The Morgan fingerprint density at radius 1 is 0.969 bits per heavy atom. The second kappa shape index (κ2) is 10.6. The van der Waals surface area contributed by atoms with Gasteiger partial charge in [0.1, 0.15) is 6.61 Å². The minimum Gasteiger partial charge on any atom is -0.809 e. The Kier molecular flexibility index (Phi) is 9.94. The fourth-order valence-electron chi connectivity index (χ4n) is 8.32. The maximum absolute atomic E-state index is 12.9. The fraction of sp³-hybridized carbons (Fsp3) is 0.957. The molecule has 0 spiro atoms. The van der Waals surface area contributed by atoms with Crippen LogP contribution in [0.3, 0.4) is 0 Å². The van der Waals surface area contributed by atoms with Gasteiger partial charge in [0.15, 0.2) is 5.78 Å². The van der Waals surface area contributed by atoms with Crippen LogP contribution in [0.15, 0.2) is 0 Å². The molecule has 4 aliphatic rings. The molecule has 32 heavy (non-hydrogen) atoms. The van der Waals surface area contributed by atoms with Gasteiger partial charge in [-0.05, 0) is 107 Å². The molecular weight excluding hydrogens is 449 g/mol. The summed E-state index contributed by atoms with van der Waals surface area (Å²) in [5, 5.41) is 10.6. The fourth-order valence-corrected chi connectivity index (χ4v) is 8.63. The van der Waals surface area contributed by atoms with Crippen LogP contribution in [0.1, 0.15) is 78.6 Å². The second-order valence-electron chi connectivity index (χ2n) is 11.6. The minimum absolute atomic E-state index is 0. The Morgan fingerprint density at radius 3 is 2.28 bits per heavy atom. The van der Waals surface area contributed by atoms with E-state index in [4.69, 9.17) is 4.74 Å². The maximum Gasteiger partial charge on any atom is 1.00 e. The van der Waals surface area contributed by atoms with Crippen molar-refractivity contribution in [1.82, 2.24) is 0 Å². The Labute approximate surface area is 237 Å². The van der Waals surface area contributed by atoms with Crippen molar-refractivity contribution < 1.29 is 88.1 Å². The van der Waals surface area contributed by atoms with E-state index >= 15 is 0 Å². The molecule has 6 nitrogen and oxygen atoms in total. The average molecular weight is 486 g/mol. The molecule has 0 aromatic carbocycles. The Morgan fingerprint density at radius 2 is 1.62 bits per heavy atom. The number of rotatable bonds is 5. The number of ether oxygens (including phenoxy) is 1. The molecule has 0 aliphatic heterocycles. The molecule has 4 rings (SSSR count). The number of Topliss-reactive ketones (excluding diaryl/α,β-unsaturated/α-hetero) is 1. The third-order valence-corrected chi connectivity index (χ3v) is 10.3. The molecule has 4 saturated carbocycles. The van der Waals surface area contributed by atoms with Gasteiger partial charge in [0, 0.05) is 5.92 Å². The first-order valence-corrected chi connectivity index (χ1v) is 13.4. The van der Waals surface area contributed by atoms with Gasteiger partial charge in [-0.25, -0.2) is 0 Å². The second-order valence-corrected chi connectivity index (χ2v) is 13.1. The van der Waals surface area contributed by atoms with Crippen molar-refractivity contribution in [3.05, 3.63) is 0 Å². The van der Waals surface area contributed by atoms with Crippen molar-refractivity contribution in [3.63, 3.8) is 0 Å². The number of carbonyl (C=O) groups is 1. The third-order valence-electron chi connectivity index (χ3n) is 9.84. The van der Waals surface area contributed by atoms with Crippen molar-refractivity contribution in [1.29, 1.82) is 0 Å². The van der Waals surface area contributed by atoms with E-state index in [1.54, 1.807) is 0 Å². The van der Waals surface area contributed by atoms with Gasteiger partial charge < -0.3 is 24.2 Å². The smallest absolute Gasteiger partial charge is 0.809 e. The zero-order chi connectivity index (χ0) is 21.9. The molecule has 4 aliphatic carbocycles. The van der Waals surface area contributed by atoms with E-state index in [0.29, 0.717) is 29.1 Å². The standard InChI is InChI=1S/C23H39O6P.2Na/c1-21(25)10-11-22(2)15(12-21)4-5-16-17-6-7-19(23(17,3)9-8-18(16)22)20(24)13-29-14-30(26,27)28;;/h15-19,25H,4-14H2,1-3H3,(H2,26,27,28);;/q;2*+1/p-2/t15?,16?,17?,18?,19-,21-,22+,23+;;/m1../s1. The number of hydrogen-bond acceptors (Lipinski definition) is 6. The molecule has 4 fully saturated rings. The van der Waals surface area contributed by atoms with Gasteiger partial charge in [-0.15, -0.1) is 0 Å². The van der Waals surface area contributed by atoms with Gasteiger partial charge in [-0.3, -0.25) is 4.79 Å². The predicted octanol–water partition coefficient (Wildman–Crippen LogP) is -3.14. The van der Waals surface area contributed by atoms with Crippen LogP contribution in [-0.4, -0.2) is 29.4 Å². The molecule has 9 heteroatoms. The van der Waals surface area contributed by atoms with Crippen LogP contribution in [0, 0.1) is 40.4 Å². The van der Waals surface area contributed by atoms with Crippen molar-refractivity contribution in [2.75, 3.05) is 13.0 Å². The average Bonchev–Trinajstić information content (AvgIpc) is 2.98. The molecule has 8 atom stereocenters. The van der Waals surface area contributed by atoms with E-state index in [1.807, 2.05) is 6.92 Å². The van der Waals surface area contributed by atoms with Gasteiger partial charge in [-0.1, -0.05) is 13.8 Å². The number of carbonyl (C=O) groups excluding carboxylic acids is 1. The van der Waals surface area contributed by atoms with Crippen molar-refractivity contribution in [2.45, 2.75) is 84.2 Å². The Bertz CT molecular complexity index is 742. The zero-order valence-electron chi connectivity index (χ0n) is 20.6. The van der Waals surface area contributed by atoms with E-state index in [2.05, 4.69) is 13.8 Å². The normalized spacial score (nSPS) is 45.5. The van der Waals surface area contributed by atoms with Crippen LogP contribution in [0.4, 0.5) is 0 Å². The summed E-state index contributed by atoms with van der Waals surface area (Å²) >= 11 is 0. The van der Waals surface area contributed by atoms with Crippen LogP contribution in [0.5, 0.6) is 0 Å². The quantitative estimate of drug-likeness (QED) is 0.325. The van der Waals surface area contributed by atoms with Gasteiger partial charge in [0.25, 0.3) is 0 Å². The molecule has 0 aromatic heterocycles. The van der Waals surface area contributed by atoms with E-state index in [9.17, 15) is 24.3 Å². The first-order valence-electron chi connectivity index (χ1n) is 11.7. The summed E-state index contributed by atoms with van der Waals surface area (Å²) < 4.78 is 15.7. The van der Waals surface area contributed by atoms with E-state index in [1.165, 1.54) is 12.8 Å². The van der Waals surface area contributed by atoms with Gasteiger partial charge in [0.05, 0.1) is 11.9 Å². The summed E-state index contributed by atoms with van der Waals surface area (Å²) in [4.78, 5) is 34.4. The Balaban J connectivity index is 0.00000181. The van der Waals surface area contributed by atoms with Gasteiger partial charge in [0.2, 0.25) is 0 Å². The molecule has 172 valence electrons. The molecule has 0 heterocycles. The molecule has 4 unspecified atom stereocenters. The van der Waals surface area contributed by atoms with Crippen LogP contribution >= 0.6 is 7.60 Å². The van der Waals surface area contributed by atoms with Crippen LogP contribution in [0.25, 0.3) is 0 Å². The van der Waals surface area contributed by atoms with Gasteiger partial charge in [-0.2, -0.15) is 0 Å². The molecule has 0 amide bonds. The van der Waals surface area contributed by atoms with Crippen molar-refractivity contribution in [3.8, 4) is 0 Å². The third kappa shape index (κ3) is 5.67. The number of fused-ring (bicyclic) bond motifs is 5. The van der Waals surface area contributed by atoms with Crippen molar-refractivity contribution >= 4 is 13.4 Å². The molecule has 1 N–H and O–H groups in total. The largest absolute Gasteiger partial charge is 1.00 e. The van der Waals surface area contributed by atoms with Crippen LogP contribution in [-0.2, 0) is 14.1 Å².